The Morgan fingerprint density at radius 2 is 1.18 bits per heavy atom. The summed E-state index contributed by atoms with van der Waals surface area (Å²) in [7, 11) is -3.50. The number of carbonyl (C=O) groups is 2. The van der Waals surface area contributed by atoms with Gasteiger partial charge in [-0.05, 0) is 74.2 Å². The fourth-order valence-corrected chi connectivity index (χ4v) is 5.69. The van der Waals surface area contributed by atoms with Gasteiger partial charge >= 0.3 is 6.03 Å². The molecule has 0 spiro atoms. The first kappa shape index (κ1) is 23.3. The van der Waals surface area contributed by atoms with Gasteiger partial charge < -0.3 is 15.5 Å². The number of anilines is 2. The van der Waals surface area contributed by atoms with Gasteiger partial charge in [-0.2, -0.15) is 4.31 Å². The SMILES string of the molecule is O=C(Nc1ccc(NC(=O)N2CCCCCC2)cc1)c1ccc(S(=O)(=O)N2CCCC2)cc1. The molecule has 3 amide bonds. The van der Waals surface area contributed by atoms with Crippen molar-refractivity contribution in [3.63, 3.8) is 0 Å². The number of hydrogen-bond acceptors (Lipinski definition) is 4. The molecule has 9 heteroatoms. The topological polar surface area (TPSA) is 98.8 Å². The molecule has 0 saturated carbocycles. The zero-order valence-electron chi connectivity index (χ0n) is 18.6. The van der Waals surface area contributed by atoms with E-state index >= 15 is 0 Å². The standard InChI is InChI=1S/C24H30N4O4S/c29-23(19-7-13-22(14-8-19)33(31,32)28-17-5-6-18-28)25-20-9-11-21(12-10-20)26-24(30)27-15-3-1-2-4-16-27/h7-14H,1-6,15-18H2,(H,25,29)(H,26,30). The van der Waals surface area contributed by atoms with Crippen LogP contribution in [0, 0.1) is 0 Å². The third kappa shape index (κ3) is 5.72. The molecule has 2 aromatic rings. The second kappa shape index (κ2) is 10.4. The Morgan fingerprint density at radius 1 is 0.667 bits per heavy atom. The lowest BCUT2D eigenvalue weighted by molar-refractivity contribution is 0.102. The predicted molar refractivity (Wildman–Crippen MR) is 128 cm³/mol. The van der Waals surface area contributed by atoms with Crippen molar-refractivity contribution in [2.45, 2.75) is 43.4 Å². The summed E-state index contributed by atoms with van der Waals surface area (Å²) in [5.41, 5.74) is 1.62. The monoisotopic (exact) mass is 470 g/mol. The van der Waals surface area contributed by atoms with Gasteiger partial charge in [0.15, 0.2) is 0 Å². The van der Waals surface area contributed by atoms with Crippen LogP contribution in [0.4, 0.5) is 16.2 Å². The molecule has 0 atom stereocenters. The van der Waals surface area contributed by atoms with Gasteiger partial charge in [0.25, 0.3) is 5.91 Å². The van der Waals surface area contributed by atoms with E-state index in [1.165, 1.54) is 28.6 Å². The maximum absolute atomic E-state index is 12.6. The number of nitrogens with one attached hydrogen (secondary N) is 2. The van der Waals surface area contributed by atoms with Crippen LogP contribution in [0.2, 0.25) is 0 Å². The molecule has 0 bridgehead atoms. The van der Waals surface area contributed by atoms with Gasteiger partial charge in [-0.25, -0.2) is 13.2 Å². The highest BCUT2D eigenvalue weighted by Crippen LogP contribution is 2.22. The summed E-state index contributed by atoms with van der Waals surface area (Å²) in [5.74, 6) is -0.332. The number of nitrogens with zero attached hydrogens (tertiary/aromatic N) is 2. The molecule has 8 nitrogen and oxygen atoms in total. The highest BCUT2D eigenvalue weighted by Gasteiger charge is 2.27. The molecule has 4 rings (SSSR count). The van der Waals surface area contributed by atoms with Crippen LogP contribution in [0.5, 0.6) is 0 Å². The number of benzene rings is 2. The maximum Gasteiger partial charge on any atom is 0.321 e. The summed E-state index contributed by atoms with van der Waals surface area (Å²) in [6.45, 7) is 2.63. The van der Waals surface area contributed by atoms with Crippen molar-refractivity contribution in [2.24, 2.45) is 0 Å². The Kier molecular flexibility index (Phi) is 7.29. The Hall–Kier alpha value is -2.91. The fraction of sp³-hybridized carbons (Fsp3) is 0.417. The first-order chi connectivity index (χ1) is 15.9. The Balaban J connectivity index is 1.34. The molecular formula is C24H30N4O4S. The maximum atomic E-state index is 12.6. The minimum atomic E-state index is -3.50. The van der Waals surface area contributed by atoms with Crippen LogP contribution >= 0.6 is 0 Å². The van der Waals surface area contributed by atoms with E-state index < -0.39 is 10.0 Å². The van der Waals surface area contributed by atoms with E-state index in [0.29, 0.717) is 30.0 Å². The van der Waals surface area contributed by atoms with Crippen molar-refractivity contribution in [3.8, 4) is 0 Å². The van der Waals surface area contributed by atoms with Crippen LogP contribution in [0.15, 0.2) is 53.4 Å². The van der Waals surface area contributed by atoms with Gasteiger partial charge in [-0.3, -0.25) is 4.79 Å². The number of rotatable bonds is 5. The molecule has 2 N–H and O–H groups in total. The van der Waals surface area contributed by atoms with Gasteiger partial charge in [0.05, 0.1) is 4.90 Å². The zero-order valence-corrected chi connectivity index (χ0v) is 19.4. The van der Waals surface area contributed by atoms with Crippen molar-refractivity contribution in [3.05, 3.63) is 54.1 Å². The Bertz CT molecular complexity index is 1070. The number of carbonyl (C=O) groups excluding carboxylic acids is 2. The third-order valence-corrected chi connectivity index (χ3v) is 8.02. The number of hydrogen-bond donors (Lipinski definition) is 2. The summed E-state index contributed by atoms with van der Waals surface area (Å²) >= 11 is 0. The molecule has 176 valence electrons. The van der Waals surface area contributed by atoms with Gasteiger partial charge in [-0.1, -0.05) is 12.8 Å². The lowest BCUT2D eigenvalue weighted by Gasteiger charge is -2.20. The molecule has 0 aliphatic carbocycles. The zero-order chi connectivity index (χ0) is 23.3. The third-order valence-electron chi connectivity index (χ3n) is 6.11. The average molecular weight is 471 g/mol. The quantitative estimate of drug-likeness (QED) is 0.686. The molecule has 2 heterocycles. The number of amides is 3. The second-order valence-corrected chi connectivity index (χ2v) is 10.4. The van der Waals surface area contributed by atoms with Crippen molar-refractivity contribution >= 4 is 33.3 Å². The van der Waals surface area contributed by atoms with E-state index in [-0.39, 0.29) is 16.8 Å². The number of urea groups is 1. The van der Waals surface area contributed by atoms with Crippen LogP contribution in [-0.4, -0.2) is 55.7 Å². The lowest BCUT2D eigenvalue weighted by Crippen LogP contribution is -2.35. The smallest absolute Gasteiger partial charge is 0.321 e. The van der Waals surface area contributed by atoms with Crippen molar-refractivity contribution in [1.29, 1.82) is 0 Å². The largest absolute Gasteiger partial charge is 0.325 e. The van der Waals surface area contributed by atoms with E-state index in [9.17, 15) is 18.0 Å². The summed E-state index contributed by atoms with van der Waals surface area (Å²) in [4.78, 5) is 27.1. The lowest BCUT2D eigenvalue weighted by atomic mass is 10.2. The molecule has 0 radical (unpaired) electrons. The molecule has 2 aliphatic heterocycles. The van der Waals surface area contributed by atoms with Crippen molar-refractivity contribution in [2.75, 3.05) is 36.8 Å². The van der Waals surface area contributed by atoms with E-state index in [2.05, 4.69) is 10.6 Å². The average Bonchev–Trinajstić information content (AvgIpc) is 3.24. The molecular weight excluding hydrogens is 440 g/mol. The Labute approximate surface area is 195 Å². The molecule has 2 aliphatic rings. The van der Waals surface area contributed by atoms with Crippen LogP contribution in [-0.2, 0) is 10.0 Å². The molecule has 33 heavy (non-hydrogen) atoms. The molecule has 0 unspecified atom stereocenters. The minimum Gasteiger partial charge on any atom is -0.325 e. The van der Waals surface area contributed by atoms with E-state index in [0.717, 1.165) is 51.6 Å². The second-order valence-electron chi connectivity index (χ2n) is 8.50. The van der Waals surface area contributed by atoms with Crippen molar-refractivity contribution < 1.29 is 18.0 Å². The number of likely N-dealkylation sites (tertiary alicyclic amines) is 1. The first-order valence-corrected chi connectivity index (χ1v) is 12.9. The molecule has 2 fully saturated rings. The van der Waals surface area contributed by atoms with Crippen molar-refractivity contribution in [1.82, 2.24) is 9.21 Å². The van der Waals surface area contributed by atoms with Gasteiger partial charge in [-0.15, -0.1) is 0 Å². The molecule has 2 aromatic carbocycles. The molecule has 2 saturated heterocycles. The van der Waals surface area contributed by atoms with Gasteiger partial charge in [0.1, 0.15) is 0 Å². The van der Waals surface area contributed by atoms with Crippen LogP contribution < -0.4 is 10.6 Å². The van der Waals surface area contributed by atoms with Crippen LogP contribution in [0.1, 0.15) is 48.9 Å². The van der Waals surface area contributed by atoms with E-state index in [1.54, 1.807) is 24.3 Å². The number of sulfonamides is 1. The minimum absolute atomic E-state index is 0.0994. The van der Waals surface area contributed by atoms with Gasteiger partial charge in [0.2, 0.25) is 10.0 Å². The highest BCUT2D eigenvalue weighted by atomic mass is 32.2. The van der Waals surface area contributed by atoms with E-state index in [4.69, 9.17) is 0 Å². The summed E-state index contributed by atoms with van der Waals surface area (Å²) in [6.07, 6.45) is 6.14. The summed E-state index contributed by atoms with van der Waals surface area (Å²) in [5, 5.41) is 5.71. The highest BCUT2D eigenvalue weighted by molar-refractivity contribution is 7.89. The Morgan fingerprint density at radius 3 is 1.76 bits per heavy atom. The first-order valence-electron chi connectivity index (χ1n) is 11.5. The fourth-order valence-electron chi connectivity index (χ4n) is 4.17. The predicted octanol–water partition coefficient (Wildman–Crippen LogP) is 4.13. The normalized spacial score (nSPS) is 17.4. The summed E-state index contributed by atoms with van der Waals surface area (Å²) in [6, 6.07) is 12.8. The van der Waals surface area contributed by atoms with Crippen LogP contribution in [0.3, 0.4) is 0 Å². The van der Waals surface area contributed by atoms with Gasteiger partial charge in [0, 0.05) is 43.1 Å². The van der Waals surface area contributed by atoms with Crippen LogP contribution in [0.25, 0.3) is 0 Å². The summed E-state index contributed by atoms with van der Waals surface area (Å²) < 4.78 is 26.7. The molecule has 0 aromatic heterocycles. The van der Waals surface area contributed by atoms with E-state index in [1.807, 2.05) is 4.90 Å².